The van der Waals surface area contributed by atoms with E-state index in [-0.39, 0.29) is 23.5 Å². The SMILES string of the molecule is CCC(CC)(C(=O)N(CCO)C1CCCCC1)C(N)=S. The predicted molar refractivity (Wildman–Crippen MR) is 85.5 cm³/mol. The van der Waals surface area contributed by atoms with Gasteiger partial charge < -0.3 is 15.7 Å². The molecule has 0 spiro atoms. The van der Waals surface area contributed by atoms with Crippen LogP contribution < -0.4 is 5.73 Å². The molecule has 1 fully saturated rings. The Bertz CT molecular complexity index is 337. The summed E-state index contributed by atoms with van der Waals surface area (Å²) in [4.78, 5) is 15.1. The molecule has 20 heavy (non-hydrogen) atoms. The fourth-order valence-electron chi connectivity index (χ4n) is 3.23. The maximum absolute atomic E-state index is 13.0. The van der Waals surface area contributed by atoms with E-state index >= 15 is 0 Å². The molecule has 0 aromatic carbocycles. The Balaban J connectivity index is 2.99. The fourth-order valence-corrected chi connectivity index (χ4v) is 3.61. The molecule has 1 aliphatic carbocycles. The van der Waals surface area contributed by atoms with E-state index in [0.29, 0.717) is 19.4 Å². The molecule has 0 aromatic rings. The van der Waals surface area contributed by atoms with E-state index in [1.165, 1.54) is 6.42 Å². The van der Waals surface area contributed by atoms with E-state index in [4.69, 9.17) is 18.0 Å². The summed E-state index contributed by atoms with van der Waals surface area (Å²) in [5, 5.41) is 9.31. The zero-order valence-corrected chi connectivity index (χ0v) is 13.5. The van der Waals surface area contributed by atoms with Crippen molar-refractivity contribution in [3.05, 3.63) is 0 Å². The molecule has 0 heterocycles. The third-order valence-corrected chi connectivity index (χ3v) is 5.10. The minimum atomic E-state index is -0.748. The summed E-state index contributed by atoms with van der Waals surface area (Å²) < 4.78 is 0. The molecule has 1 amide bonds. The summed E-state index contributed by atoms with van der Waals surface area (Å²) in [7, 11) is 0. The molecule has 0 radical (unpaired) electrons. The number of carbonyl (C=O) groups excluding carboxylic acids is 1. The first kappa shape index (κ1) is 17.4. The second-order valence-electron chi connectivity index (χ2n) is 5.67. The molecule has 4 nitrogen and oxygen atoms in total. The van der Waals surface area contributed by atoms with E-state index in [9.17, 15) is 9.90 Å². The first-order valence-electron chi connectivity index (χ1n) is 7.75. The Morgan fingerprint density at radius 3 is 2.25 bits per heavy atom. The fraction of sp³-hybridized carbons (Fsp3) is 0.867. The van der Waals surface area contributed by atoms with Crippen molar-refractivity contribution in [3.8, 4) is 0 Å². The molecule has 3 N–H and O–H groups in total. The zero-order valence-electron chi connectivity index (χ0n) is 12.7. The first-order chi connectivity index (χ1) is 9.53. The van der Waals surface area contributed by atoms with Gasteiger partial charge in [0.2, 0.25) is 5.91 Å². The molecule has 0 atom stereocenters. The third kappa shape index (κ3) is 3.50. The Morgan fingerprint density at radius 2 is 1.85 bits per heavy atom. The third-order valence-electron chi connectivity index (χ3n) is 4.71. The van der Waals surface area contributed by atoms with Crippen LogP contribution in [0.1, 0.15) is 58.8 Å². The van der Waals surface area contributed by atoms with Gasteiger partial charge in [-0.1, -0.05) is 45.3 Å². The number of hydrogen-bond donors (Lipinski definition) is 2. The molecule has 1 rings (SSSR count). The molecule has 0 aliphatic heterocycles. The van der Waals surface area contributed by atoms with Crippen molar-refractivity contribution < 1.29 is 9.90 Å². The van der Waals surface area contributed by atoms with E-state index in [1.807, 2.05) is 18.7 Å². The lowest BCUT2D eigenvalue weighted by Crippen LogP contribution is -2.54. The van der Waals surface area contributed by atoms with Crippen LogP contribution >= 0.6 is 12.2 Å². The van der Waals surface area contributed by atoms with Gasteiger partial charge in [0, 0.05) is 12.6 Å². The van der Waals surface area contributed by atoms with E-state index in [1.54, 1.807) is 0 Å². The van der Waals surface area contributed by atoms with Crippen LogP contribution in [0.15, 0.2) is 0 Å². The average molecular weight is 300 g/mol. The number of nitrogens with two attached hydrogens (primary N) is 1. The van der Waals surface area contributed by atoms with Crippen LogP contribution in [0, 0.1) is 5.41 Å². The quantitative estimate of drug-likeness (QED) is 0.708. The molecule has 0 bridgehead atoms. The van der Waals surface area contributed by atoms with Crippen molar-refractivity contribution in [2.45, 2.75) is 64.8 Å². The van der Waals surface area contributed by atoms with E-state index in [2.05, 4.69) is 0 Å². The molecule has 5 heteroatoms. The Hall–Kier alpha value is -0.680. The van der Waals surface area contributed by atoms with Gasteiger partial charge in [0.1, 0.15) is 0 Å². The van der Waals surface area contributed by atoms with Crippen LogP contribution in [0.5, 0.6) is 0 Å². The minimum Gasteiger partial charge on any atom is -0.395 e. The monoisotopic (exact) mass is 300 g/mol. The number of rotatable bonds is 7. The van der Waals surface area contributed by atoms with Gasteiger partial charge in [-0.05, 0) is 25.7 Å². The normalized spacial score (nSPS) is 16.9. The lowest BCUT2D eigenvalue weighted by molar-refractivity contribution is -0.142. The number of amides is 1. The highest BCUT2D eigenvalue weighted by molar-refractivity contribution is 7.80. The van der Waals surface area contributed by atoms with Crippen molar-refractivity contribution in [1.29, 1.82) is 0 Å². The summed E-state index contributed by atoms with van der Waals surface area (Å²) in [6, 6.07) is 0.232. The van der Waals surface area contributed by atoms with Gasteiger partial charge in [0.05, 0.1) is 17.0 Å². The number of hydrogen-bond acceptors (Lipinski definition) is 3. The highest BCUT2D eigenvalue weighted by atomic mass is 32.1. The summed E-state index contributed by atoms with van der Waals surface area (Å²) >= 11 is 5.18. The largest absolute Gasteiger partial charge is 0.395 e. The lowest BCUT2D eigenvalue weighted by Gasteiger charge is -2.40. The van der Waals surface area contributed by atoms with Crippen molar-refractivity contribution >= 4 is 23.1 Å². The summed E-state index contributed by atoms with van der Waals surface area (Å²) in [5.74, 6) is 0.0101. The van der Waals surface area contributed by atoms with Crippen molar-refractivity contribution in [2.75, 3.05) is 13.2 Å². The van der Waals surface area contributed by atoms with E-state index < -0.39 is 5.41 Å². The molecule has 0 aromatic heterocycles. The van der Waals surface area contributed by atoms with Gasteiger partial charge in [0.25, 0.3) is 0 Å². The molecule has 0 unspecified atom stereocenters. The highest BCUT2D eigenvalue weighted by Gasteiger charge is 2.42. The van der Waals surface area contributed by atoms with Gasteiger partial charge in [0.15, 0.2) is 0 Å². The van der Waals surface area contributed by atoms with Crippen LogP contribution in [0.25, 0.3) is 0 Å². The Morgan fingerprint density at radius 1 is 1.30 bits per heavy atom. The second-order valence-corrected chi connectivity index (χ2v) is 6.11. The number of nitrogens with zero attached hydrogens (tertiary/aromatic N) is 1. The number of aliphatic hydroxyl groups is 1. The Kier molecular flexibility index (Phi) is 6.89. The van der Waals surface area contributed by atoms with Gasteiger partial charge in [-0.25, -0.2) is 0 Å². The number of carbonyl (C=O) groups is 1. The average Bonchev–Trinajstić information content (AvgIpc) is 2.47. The lowest BCUT2D eigenvalue weighted by atomic mass is 9.79. The van der Waals surface area contributed by atoms with Crippen molar-refractivity contribution in [3.63, 3.8) is 0 Å². The summed E-state index contributed by atoms with van der Waals surface area (Å²) in [6.45, 7) is 4.29. The van der Waals surface area contributed by atoms with Crippen LogP contribution in [-0.4, -0.2) is 40.1 Å². The van der Waals surface area contributed by atoms with E-state index in [0.717, 1.165) is 25.7 Å². The van der Waals surface area contributed by atoms with Crippen molar-refractivity contribution in [2.24, 2.45) is 11.1 Å². The zero-order chi connectivity index (χ0) is 15.2. The van der Waals surface area contributed by atoms with Crippen LogP contribution in [0.3, 0.4) is 0 Å². The number of aliphatic hydroxyl groups excluding tert-OH is 1. The second kappa shape index (κ2) is 7.93. The topological polar surface area (TPSA) is 66.6 Å². The smallest absolute Gasteiger partial charge is 0.235 e. The molecule has 0 saturated heterocycles. The van der Waals surface area contributed by atoms with Gasteiger partial charge in [-0.2, -0.15) is 0 Å². The standard InChI is InChI=1S/C15H28N2O2S/c1-3-15(4-2,13(16)20)14(19)17(10-11-18)12-8-6-5-7-9-12/h12,18H,3-11H2,1-2H3,(H2,16,20). The summed E-state index contributed by atoms with van der Waals surface area (Å²) in [5.41, 5.74) is 5.13. The van der Waals surface area contributed by atoms with Crippen LogP contribution in [0.4, 0.5) is 0 Å². The molecule has 116 valence electrons. The number of thiocarbonyl (C=S) groups is 1. The maximum atomic E-state index is 13.0. The highest BCUT2D eigenvalue weighted by Crippen LogP contribution is 2.33. The molecule has 1 saturated carbocycles. The van der Waals surface area contributed by atoms with Gasteiger partial charge in [-0.15, -0.1) is 0 Å². The molecular formula is C15H28N2O2S. The Labute approximate surface area is 127 Å². The molecule has 1 aliphatic rings. The summed E-state index contributed by atoms with van der Waals surface area (Å²) in [6.07, 6.45) is 6.81. The maximum Gasteiger partial charge on any atom is 0.235 e. The van der Waals surface area contributed by atoms with Crippen LogP contribution in [0.2, 0.25) is 0 Å². The molecular weight excluding hydrogens is 272 g/mol. The predicted octanol–water partition coefficient (Wildman–Crippen LogP) is 2.23. The van der Waals surface area contributed by atoms with Crippen molar-refractivity contribution in [1.82, 2.24) is 4.90 Å². The van der Waals surface area contributed by atoms with Crippen LogP contribution in [-0.2, 0) is 4.79 Å². The first-order valence-corrected chi connectivity index (χ1v) is 8.16. The minimum absolute atomic E-state index is 0.0101. The van der Waals surface area contributed by atoms with Gasteiger partial charge in [-0.3, -0.25) is 4.79 Å². The van der Waals surface area contributed by atoms with Gasteiger partial charge >= 0.3 is 0 Å².